The number of hydrogen-bond acceptors (Lipinski definition) is 8. The van der Waals surface area contributed by atoms with Crippen LogP contribution in [0, 0.1) is 0 Å². The monoisotopic (exact) mass is 479 g/mol. The molecule has 2 aromatic carbocycles. The summed E-state index contributed by atoms with van der Waals surface area (Å²) in [5.41, 5.74) is 7.21. The van der Waals surface area contributed by atoms with Crippen LogP contribution in [0.3, 0.4) is 0 Å². The topological polar surface area (TPSA) is 124 Å². The molecule has 10 nitrogen and oxygen atoms in total. The minimum Gasteiger partial charge on any atom is -0.493 e. The first kappa shape index (κ1) is 22.9. The normalized spacial score (nSPS) is 10.6. The number of nitrogens with one attached hydrogen (secondary N) is 2. The first-order valence-electron chi connectivity index (χ1n) is 10.3. The number of carbonyl (C=O) groups is 2. The predicted molar refractivity (Wildman–Crippen MR) is 126 cm³/mol. The van der Waals surface area contributed by atoms with Crippen molar-refractivity contribution in [2.45, 2.75) is 20.1 Å². The van der Waals surface area contributed by atoms with Crippen molar-refractivity contribution in [3.63, 3.8) is 0 Å². The van der Waals surface area contributed by atoms with E-state index in [9.17, 15) is 14.4 Å². The Hall–Kier alpha value is -4.25. The Labute approximate surface area is 198 Å². The predicted octanol–water partition coefficient (Wildman–Crippen LogP) is 2.54. The lowest BCUT2D eigenvalue weighted by Gasteiger charge is -2.13. The van der Waals surface area contributed by atoms with E-state index in [1.165, 1.54) is 29.2 Å². The average molecular weight is 480 g/mol. The average Bonchev–Trinajstić information content (AvgIpc) is 3.40. The van der Waals surface area contributed by atoms with E-state index in [1.807, 2.05) is 5.38 Å². The molecule has 4 rings (SSSR count). The van der Waals surface area contributed by atoms with E-state index in [1.54, 1.807) is 48.8 Å². The quantitative estimate of drug-likeness (QED) is 0.390. The fourth-order valence-electron chi connectivity index (χ4n) is 3.25. The van der Waals surface area contributed by atoms with Gasteiger partial charge in [-0.2, -0.15) is 5.10 Å². The second kappa shape index (κ2) is 10.1. The smallest absolute Gasteiger partial charge is 0.290 e. The van der Waals surface area contributed by atoms with Gasteiger partial charge in [-0.15, -0.1) is 11.3 Å². The van der Waals surface area contributed by atoms with Crippen LogP contribution in [0.2, 0.25) is 0 Å². The molecular formula is C23H21N5O5S. The summed E-state index contributed by atoms with van der Waals surface area (Å²) in [7, 11) is 1.47. The number of aromatic nitrogens is 3. The van der Waals surface area contributed by atoms with Gasteiger partial charge in [0.25, 0.3) is 17.4 Å². The number of ether oxygens (including phenoxy) is 2. The lowest BCUT2D eigenvalue weighted by Crippen LogP contribution is -2.42. The molecule has 4 aromatic rings. The molecule has 174 valence electrons. The summed E-state index contributed by atoms with van der Waals surface area (Å²) in [6.45, 7) is 2.32. The van der Waals surface area contributed by atoms with Crippen LogP contribution in [-0.4, -0.2) is 33.7 Å². The minimum absolute atomic E-state index is 0.0284. The van der Waals surface area contributed by atoms with Crippen LogP contribution in [0.1, 0.15) is 33.5 Å². The molecule has 0 aliphatic rings. The van der Waals surface area contributed by atoms with E-state index in [0.717, 1.165) is 5.69 Å². The van der Waals surface area contributed by atoms with Crippen LogP contribution in [-0.2, 0) is 13.2 Å². The van der Waals surface area contributed by atoms with Crippen LogP contribution in [0.4, 0.5) is 0 Å². The zero-order chi connectivity index (χ0) is 24.1. The molecule has 0 bridgehead atoms. The number of carbonyl (C=O) groups excluding carboxylic acids is 2. The molecule has 0 atom stereocenters. The van der Waals surface area contributed by atoms with Gasteiger partial charge < -0.3 is 9.47 Å². The second-order valence-corrected chi connectivity index (χ2v) is 7.78. The van der Waals surface area contributed by atoms with Crippen molar-refractivity contribution >= 4 is 33.9 Å². The highest BCUT2D eigenvalue weighted by Gasteiger charge is 2.18. The second-order valence-electron chi connectivity index (χ2n) is 7.06. The molecule has 0 saturated carbocycles. The van der Waals surface area contributed by atoms with Gasteiger partial charge in [-0.3, -0.25) is 25.2 Å². The number of benzene rings is 2. The molecule has 0 spiro atoms. The van der Waals surface area contributed by atoms with Gasteiger partial charge in [0.15, 0.2) is 17.2 Å². The molecule has 0 saturated heterocycles. The van der Waals surface area contributed by atoms with Gasteiger partial charge in [0.05, 0.1) is 23.7 Å². The van der Waals surface area contributed by atoms with Crippen molar-refractivity contribution in [2.75, 3.05) is 7.11 Å². The fourth-order valence-corrected chi connectivity index (χ4v) is 3.79. The van der Waals surface area contributed by atoms with Gasteiger partial charge in [0, 0.05) is 22.9 Å². The van der Waals surface area contributed by atoms with Gasteiger partial charge >= 0.3 is 0 Å². The molecule has 0 aliphatic carbocycles. The Morgan fingerprint density at radius 2 is 1.82 bits per heavy atom. The standard InChI is InChI=1S/C23H21N5O5S/c1-3-28-23(31)17-7-5-4-6-16(17)20(27-28)22(30)26-25-21(29)14-8-9-18(19(10-14)32-2)33-11-15-12-34-13-24-15/h4-10,12-13H,3,11H2,1-2H3,(H,25,29)(H,26,30). The molecule has 34 heavy (non-hydrogen) atoms. The van der Waals surface area contributed by atoms with Crippen LogP contribution in [0.15, 0.2) is 58.1 Å². The lowest BCUT2D eigenvalue weighted by molar-refractivity contribution is 0.0843. The number of aryl methyl sites for hydroxylation is 1. The number of nitrogens with zero attached hydrogens (tertiary/aromatic N) is 3. The van der Waals surface area contributed by atoms with Crippen molar-refractivity contribution in [3.8, 4) is 11.5 Å². The molecule has 0 radical (unpaired) electrons. The van der Waals surface area contributed by atoms with E-state index in [0.29, 0.717) is 28.8 Å². The van der Waals surface area contributed by atoms with Crippen LogP contribution in [0.25, 0.3) is 10.8 Å². The minimum atomic E-state index is -0.651. The van der Waals surface area contributed by atoms with E-state index in [4.69, 9.17) is 9.47 Å². The Balaban J connectivity index is 1.48. The number of methoxy groups -OCH3 is 1. The largest absolute Gasteiger partial charge is 0.493 e. The van der Waals surface area contributed by atoms with Gasteiger partial charge in [-0.1, -0.05) is 18.2 Å². The molecule has 2 heterocycles. The number of hydrazine groups is 1. The summed E-state index contributed by atoms with van der Waals surface area (Å²) < 4.78 is 12.3. The van der Waals surface area contributed by atoms with Gasteiger partial charge in [0.2, 0.25) is 0 Å². The first-order chi connectivity index (χ1) is 16.5. The summed E-state index contributed by atoms with van der Waals surface area (Å²) >= 11 is 1.47. The highest BCUT2D eigenvalue weighted by molar-refractivity contribution is 7.07. The SMILES string of the molecule is CCn1nc(C(=O)NNC(=O)c2ccc(OCc3cscn3)c(OC)c2)c2ccccc2c1=O. The molecular weight excluding hydrogens is 458 g/mol. The van der Waals surface area contributed by atoms with Crippen molar-refractivity contribution in [1.82, 2.24) is 25.6 Å². The van der Waals surface area contributed by atoms with Crippen molar-refractivity contribution in [2.24, 2.45) is 0 Å². The summed E-state index contributed by atoms with van der Waals surface area (Å²) in [6.07, 6.45) is 0. The Morgan fingerprint density at radius 3 is 2.53 bits per heavy atom. The fraction of sp³-hybridized carbons (Fsp3) is 0.174. The third kappa shape index (κ3) is 4.74. The van der Waals surface area contributed by atoms with E-state index in [-0.39, 0.29) is 23.4 Å². The Morgan fingerprint density at radius 1 is 1.06 bits per heavy atom. The maximum absolute atomic E-state index is 12.8. The molecule has 2 N–H and O–H groups in total. The summed E-state index contributed by atoms with van der Waals surface area (Å²) in [5.74, 6) is -0.404. The third-order valence-corrected chi connectivity index (χ3v) is 5.59. The van der Waals surface area contributed by atoms with Crippen molar-refractivity contribution in [3.05, 3.63) is 80.7 Å². The van der Waals surface area contributed by atoms with Crippen LogP contribution in [0.5, 0.6) is 11.5 Å². The van der Waals surface area contributed by atoms with Crippen LogP contribution >= 0.6 is 11.3 Å². The zero-order valence-corrected chi connectivity index (χ0v) is 19.2. The van der Waals surface area contributed by atoms with E-state index < -0.39 is 11.8 Å². The molecule has 11 heteroatoms. The highest BCUT2D eigenvalue weighted by atomic mass is 32.1. The summed E-state index contributed by atoms with van der Waals surface area (Å²) in [6, 6.07) is 11.3. The molecule has 0 aliphatic heterocycles. The maximum atomic E-state index is 12.8. The van der Waals surface area contributed by atoms with Gasteiger partial charge in [0.1, 0.15) is 6.61 Å². The molecule has 0 fully saturated rings. The third-order valence-electron chi connectivity index (χ3n) is 4.96. The maximum Gasteiger partial charge on any atom is 0.290 e. The highest BCUT2D eigenvalue weighted by Crippen LogP contribution is 2.28. The molecule has 2 amide bonds. The number of thiazole rings is 1. The Kier molecular flexibility index (Phi) is 6.83. The van der Waals surface area contributed by atoms with Crippen molar-refractivity contribution in [1.29, 1.82) is 0 Å². The molecule has 2 aromatic heterocycles. The van der Waals surface area contributed by atoms with E-state index >= 15 is 0 Å². The van der Waals surface area contributed by atoms with Crippen LogP contribution < -0.4 is 25.9 Å². The first-order valence-corrected chi connectivity index (χ1v) is 11.2. The van der Waals surface area contributed by atoms with E-state index in [2.05, 4.69) is 20.9 Å². The van der Waals surface area contributed by atoms with Crippen molar-refractivity contribution < 1.29 is 19.1 Å². The number of amides is 2. The Bertz CT molecular complexity index is 1400. The number of hydrogen-bond donors (Lipinski definition) is 2. The lowest BCUT2D eigenvalue weighted by atomic mass is 10.1. The number of fused-ring (bicyclic) bond motifs is 1. The summed E-state index contributed by atoms with van der Waals surface area (Å²) in [5, 5.41) is 6.79. The summed E-state index contributed by atoms with van der Waals surface area (Å²) in [4.78, 5) is 42.1. The van der Waals surface area contributed by atoms with Gasteiger partial charge in [-0.05, 0) is 31.2 Å². The number of rotatable bonds is 7. The van der Waals surface area contributed by atoms with Gasteiger partial charge in [-0.25, -0.2) is 9.67 Å². The zero-order valence-electron chi connectivity index (χ0n) is 18.4. The molecule has 0 unspecified atom stereocenters.